The third-order valence-corrected chi connectivity index (χ3v) is 2.42. The molecule has 0 spiro atoms. The van der Waals surface area contributed by atoms with Crippen LogP contribution in [0.1, 0.15) is 28.4 Å². The highest BCUT2D eigenvalue weighted by Crippen LogP contribution is 2.30. The van der Waals surface area contributed by atoms with Crippen molar-refractivity contribution >= 4 is 11.7 Å². The van der Waals surface area contributed by atoms with Gasteiger partial charge in [0.05, 0.1) is 16.8 Å². The van der Waals surface area contributed by atoms with Gasteiger partial charge in [0.1, 0.15) is 0 Å². The number of aromatic carboxylic acids is 1. The molecule has 0 aromatic heterocycles. The van der Waals surface area contributed by atoms with Crippen molar-refractivity contribution in [3.8, 4) is 12.8 Å². The first kappa shape index (κ1) is 18.4. The smallest absolute Gasteiger partial charge is 0.416 e. The van der Waals surface area contributed by atoms with Crippen LogP contribution in [-0.4, -0.2) is 23.8 Å². The van der Waals surface area contributed by atoms with Crippen LogP contribution in [0.2, 0.25) is 0 Å². The van der Waals surface area contributed by atoms with Crippen LogP contribution in [0.3, 0.4) is 0 Å². The molecule has 0 amide bonds. The van der Waals surface area contributed by atoms with Gasteiger partial charge in [-0.3, -0.25) is 4.99 Å². The summed E-state index contributed by atoms with van der Waals surface area (Å²) in [6.45, 7) is 1.70. The van der Waals surface area contributed by atoms with Crippen molar-refractivity contribution in [2.24, 2.45) is 4.99 Å². The van der Waals surface area contributed by atoms with Gasteiger partial charge in [0.25, 0.3) is 0 Å². The lowest BCUT2D eigenvalue weighted by molar-refractivity contribution is -0.137. The summed E-state index contributed by atoms with van der Waals surface area (Å²) in [5.41, 5.74) is -0.951. The average Bonchev–Trinajstić information content (AvgIpc) is 2.45. The van der Waals surface area contributed by atoms with Gasteiger partial charge in [-0.1, -0.05) is 12.1 Å². The lowest BCUT2D eigenvalue weighted by Gasteiger charge is -2.11. The maximum Gasteiger partial charge on any atom is 0.416 e. The SMILES string of the molecule is C#C.C/C=C\C(=NC)c1ccc(C(F)(F)F)cc1C(=O)O. The zero-order valence-electron chi connectivity index (χ0n) is 11.5. The quantitative estimate of drug-likeness (QED) is 0.684. The van der Waals surface area contributed by atoms with Crippen molar-refractivity contribution in [2.75, 3.05) is 7.05 Å². The predicted octanol–water partition coefficient (Wildman–Crippen LogP) is 3.65. The fourth-order valence-corrected chi connectivity index (χ4v) is 1.56. The van der Waals surface area contributed by atoms with Crippen molar-refractivity contribution in [3.05, 3.63) is 47.0 Å². The Hall–Kier alpha value is -2.55. The van der Waals surface area contributed by atoms with Gasteiger partial charge in [-0.2, -0.15) is 13.2 Å². The summed E-state index contributed by atoms with van der Waals surface area (Å²) in [6.07, 6.45) is 6.59. The lowest BCUT2D eigenvalue weighted by atomic mass is 9.99. The van der Waals surface area contributed by atoms with Gasteiger partial charge in [0.2, 0.25) is 0 Å². The van der Waals surface area contributed by atoms with Gasteiger partial charge in [0.15, 0.2) is 0 Å². The lowest BCUT2D eigenvalue weighted by Crippen LogP contribution is -2.12. The number of aliphatic imine (C=N–C) groups is 1. The Bertz CT molecular complexity index is 584. The summed E-state index contributed by atoms with van der Waals surface area (Å²) in [4.78, 5) is 14.9. The van der Waals surface area contributed by atoms with Crippen LogP contribution in [0.4, 0.5) is 13.2 Å². The van der Waals surface area contributed by atoms with E-state index in [4.69, 9.17) is 5.11 Å². The number of carboxylic acids is 1. The highest BCUT2D eigenvalue weighted by Gasteiger charge is 2.32. The number of hydrogen-bond acceptors (Lipinski definition) is 2. The van der Waals surface area contributed by atoms with Crippen molar-refractivity contribution < 1.29 is 23.1 Å². The third kappa shape index (κ3) is 4.80. The number of nitrogens with zero attached hydrogens (tertiary/aromatic N) is 1. The molecule has 0 aliphatic rings. The van der Waals surface area contributed by atoms with E-state index in [1.165, 1.54) is 13.1 Å². The van der Waals surface area contributed by atoms with Crippen LogP contribution in [0, 0.1) is 12.8 Å². The molecule has 0 aliphatic carbocycles. The van der Waals surface area contributed by atoms with Crippen LogP contribution in [0.5, 0.6) is 0 Å². The maximum atomic E-state index is 12.6. The second kappa shape index (κ2) is 7.90. The molecular weight excluding hydrogens is 283 g/mol. The third-order valence-electron chi connectivity index (χ3n) is 2.42. The van der Waals surface area contributed by atoms with E-state index >= 15 is 0 Å². The molecule has 3 nitrogen and oxygen atoms in total. The Balaban J connectivity index is 0.00000191. The zero-order valence-corrected chi connectivity index (χ0v) is 11.5. The fourth-order valence-electron chi connectivity index (χ4n) is 1.56. The van der Waals surface area contributed by atoms with Crippen molar-refractivity contribution in [1.29, 1.82) is 0 Å². The van der Waals surface area contributed by atoms with E-state index in [2.05, 4.69) is 17.8 Å². The van der Waals surface area contributed by atoms with E-state index in [0.29, 0.717) is 11.8 Å². The van der Waals surface area contributed by atoms with Gasteiger partial charge in [-0.25, -0.2) is 4.79 Å². The van der Waals surface area contributed by atoms with Crippen LogP contribution in [-0.2, 0) is 6.18 Å². The molecule has 1 aromatic rings. The largest absolute Gasteiger partial charge is 0.478 e. The van der Waals surface area contributed by atoms with Gasteiger partial charge in [-0.15, -0.1) is 12.8 Å². The number of halogens is 3. The Labute approximate surface area is 120 Å². The Morgan fingerprint density at radius 3 is 2.24 bits per heavy atom. The Kier molecular flexibility index (Phi) is 6.94. The number of benzene rings is 1. The Morgan fingerprint density at radius 1 is 1.29 bits per heavy atom. The topological polar surface area (TPSA) is 49.7 Å². The number of carbonyl (C=O) groups is 1. The first-order valence-electron chi connectivity index (χ1n) is 5.69. The molecule has 112 valence electrons. The highest BCUT2D eigenvalue weighted by atomic mass is 19.4. The highest BCUT2D eigenvalue weighted by molar-refractivity contribution is 6.14. The average molecular weight is 297 g/mol. The molecule has 0 heterocycles. The number of terminal acetylenes is 1. The van der Waals surface area contributed by atoms with E-state index in [1.807, 2.05) is 0 Å². The molecule has 0 radical (unpaired) electrons. The van der Waals surface area contributed by atoms with E-state index < -0.39 is 23.3 Å². The van der Waals surface area contributed by atoms with Gasteiger partial charge < -0.3 is 5.11 Å². The molecular formula is C15H14F3NO2. The minimum absolute atomic E-state index is 0.154. The summed E-state index contributed by atoms with van der Waals surface area (Å²) in [6, 6.07) is 2.58. The molecule has 0 fully saturated rings. The Morgan fingerprint density at radius 2 is 1.86 bits per heavy atom. The summed E-state index contributed by atoms with van der Waals surface area (Å²) < 4.78 is 37.7. The van der Waals surface area contributed by atoms with Crippen molar-refractivity contribution in [1.82, 2.24) is 0 Å². The van der Waals surface area contributed by atoms with E-state index in [1.54, 1.807) is 13.0 Å². The summed E-state index contributed by atoms with van der Waals surface area (Å²) >= 11 is 0. The van der Waals surface area contributed by atoms with E-state index in [9.17, 15) is 18.0 Å². The number of alkyl halides is 3. The number of rotatable bonds is 3. The fraction of sp³-hybridized carbons (Fsp3) is 0.200. The predicted molar refractivity (Wildman–Crippen MR) is 75.6 cm³/mol. The minimum atomic E-state index is -4.58. The monoisotopic (exact) mass is 297 g/mol. The number of allylic oxidation sites excluding steroid dienone is 2. The standard InChI is InChI=1S/C13H12F3NO2.C2H2/c1-3-4-11(17-2)9-6-5-8(13(14,15)16)7-10(9)12(18)19;1-2/h3-7H,1-2H3,(H,18,19);1-2H/b4-3-,17-11?;. The van der Waals surface area contributed by atoms with Crippen LogP contribution in [0.25, 0.3) is 0 Å². The number of hydrogen-bond donors (Lipinski definition) is 1. The molecule has 21 heavy (non-hydrogen) atoms. The molecule has 1 N–H and O–H groups in total. The minimum Gasteiger partial charge on any atom is -0.478 e. The van der Waals surface area contributed by atoms with Gasteiger partial charge >= 0.3 is 12.1 Å². The van der Waals surface area contributed by atoms with Crippen LogP contribution >= 0.6 is 0 Å². The number of carboxylic acid groups (broad SMARTS) is 1. The van der Waals surface area contributed by atoms with Crippen molar-refractivity contribution in [3.63, 3.8) is 0 Å². The second-order valence-electron chi connectivity index (χ2n) is 3.67. The van der Waals surface area contributed by atoms with Crippen molar-refractivity contribution in [2.45, 2.75) is 13.1 Å². The molecule has 1 aromatic carbocycles. The first-order valence-corrected chi connectivity index (χ1v) is 5.69. The van der Waals surface area contributed by atoms with E-state index in [0.717, 1.165) is 12.1 Å². The zero-order chi connectivity index (χ0) is 16.6. The van der Waals surface area contributed by atoms with Crippen LogP contribution < -0.4 is 0 Å². The molecule has 0 aliphatic heterocycles. The normalized spacial score (nSPS) is 11.9. The molecule has 0 atom stereocenters. The molecule has 0 bridgehead atoms. The molecule has 0 saturated carbocycles. The molecule has 1 rings (SSSR count). The summed E-state index contributed by atoms with van der Waals surface area (Å²) in [5.74, 6) is -1.42. The summed E-state index contributed by atoms with van der Waals surface area (Å²) in [5, 5.41) is 9.02. The van der Waals surface area contributed by atoms with Crippen LogP contribution in [0.15, 0.2) is 35.3 Å². The molecule has 0 unspecified atom stereocenters. The maximum absolute atomic E-state index is 12.6. The molecule has 0 saturated heterocycles. The summed E-state index contributed by atoms with van der Waals surface area (Å²) in [7, 11) is 1.44. The van der Waals surface area contributed by atoms with E-state index in [-0.39, 0.29) is 5.56 Å². The van der Waals surface area contributed by atoms with Gasteiger partial charge in [-0.05, 0) is 25.1 Å². The first-order chi connectivity index (χ1) is 9.81. The molecule has 6 heteroatoms. The second-order valence-corrected chi connectivity index (χ2v) is 3.67. The van der Waals surface area contributed by atoms with Gasteiger partial charge in [0, 0.05) is 12.6 Å².